The SMILES string of the molecule is CC(C)C1CCCC2(COC(=O)N2)C1. The molecule has 3 nitrogen and oxygen atoms in total. The van der Waals surface area contributed by atoms with Gasteiger partial charge in [0, 0.05) is 0 Å². The number of rotatable bonds is 1. The van der Waals surface area contributed by atoms with Crippen LogP contribution in [0.15, 0.2) is 0 Å². The Bertz CT molecular complexity index is 239. The zero-order chi connectivity index (χ0) is 10.2. The highest BCUT2D eigenvalue weighted by Crippen LogP contribution is 2.38. The molecule has 0 aromatic carbocycles. The zero-order valence-corrected chi connectivity index (χ0v) is 9.01. The minimum absolute atomic E-state index is 0.0235. The predicted octanol–water partition coefficient (Wildman–Crippen LogP) is 2.31. The topological polar surface area (TPSA) is 38.3 Å². The van der Waals surface area contributed by atoms with Gasteiger partial charge in [-0.15, -0.1) is 0 Å². The maximum atomic E-state index is 11.1. The summed E-state index contributed by atoms with van der Waals surface area (Å²) < 4.78 is 5.02. The van der Waals surface area contributed by atoms with Crippen molar-refractivity contribution >= 4 is 6.09 Å². The highest BCUT2D eigenvalue weighted by atomic mass is 16.6. The third kappa shape index (κ3) is 1.72. The summed E-state index contributed by atoms with van der Waals surface area (Å²) in [6, 6.07) is 0. The fourth-order valence-corrected chi connectivity index (χ4v) is 2.71. The van der Waals surface area contributed by atoms with E-state index in [2.05, 4.69) is 19.2 Å². The second-order valence-corrected chi connectivity index (χ2v) is 5.08. The minimum atomic E-state index is -0.227. The average Bonchev–Trinajstić information content (AvgIpc) is 2.47. The van der Waals surface area contributed by atoms with E-state index < -0.39 is 0 Å². The van der Waals surface area contributed by atoms with Crippen LogP contribution in [0.25, 0.3) is 0 Å². The van der Waals surface area contributed by atoms with Crippen molar-refractivity contribution in [2.75, 3.05) is 6.61 Å². The molecular formula is C11H19NO2. The van der Waals surface area contributed by atoms with Crippen LogP contribution in [0.1, 0.15) is 39.5 Å². The molecule has 14 heavy (non-hydrogen) atoms. The van der Waals surface area contributed by atoms with E-state index in [4.69, 9.17) is 4.74 Å². The van der Waals surface area contributed by atoms with Crippen molar-refractivity contribution in [1.82, 2.24) is 5.32 Å². The Balaban J connectivity index is 2.03. The molecule has 1 saturated carbocycles. The van der Waals surface area contributed by atoms with E-state index in [1.165, 1.54) is 12.8 Å². The van der Waals surface area contributed by atoms with Gasteiger partial charge in [0.25, 0.3) is 0 Å². The van der Waals surface area contributed by atoms with Crippen molar-refractivity contribution < 1.29 is 9.53 Å². The molecule has 0 aromatic rings. The number of carbonyl (C=O) groups is 1. The Morgan fingerprint density at radius 3 is 2.93 bits per heavy atom. The molecule has 1 N–H and O–H groups in total. The quantitative estimate of drug-likeness (QED) is 0.700. The molecule has 1 aliphatic carbocycles. The van der Waals surface area contributed by atoms with Crippen molar-refractivity contribution in [2.24, 2.45) is 11.8 Å². The number of ether oxygens (including phenoxy) is 1. The highest BCUT2D eigenvalue weighted by Gasteiger charge is 2.43. The molecule has 3 heteroatoms. The van der Waals surface area contributed by atoms with Crippen LogP contribution in [0, 0.1) is 11.8 Å². The van der Waals surface area contributed by atoms with E-state index in [9.17, 15) is 4.79 Å². The van der Waals surface area contributed by atoms with Gasteiger partial charge in [0.15, 0.2) is 0 Å². The molecule has 1 spiro atoms. The summed E-state index contributed by atoms with van der Waals surface area (Å²) in [5.74, 6) is 1.45. The molecule has 1 amide bonds. The van der Waals surface area contributed by atoms with Crippen LogP contribution in [-0.2, 0) is 4.74 Å². The van der Waals surface area contributed by atoms with E-state index in [1.54, 1.807) is 0 Å². The lowest BCUT2D eigenvalue weighted by atomic mass is 9.72. The van der Waals surface area contributed by atoms with Gasteiger partial charge in [0.1, 0.15) is 6.61 Å². The second kappa shape index (κ2) is 3.44. The standard InChI is InChI=1S/C11H19NO2/c1-8(2)9-4-3-5-11(6-9)7-14-10(13)12-11/h8-9H,3-7H2,1-2H3,(H,12,13). The van der Waals surface area contributed by atoms with E-state index >= 15 is 0 Å². The molecule has 1 saturated heterocycles. The predicted molar refractivity (Wildman–Crippen MR) is 54.0 cm³/mol. The number of alkyl carbamates (subject to hydrolysis) is 1. The van der Waals surface area contributed by atoms with Gasteiger partial charge >= 0.3 is 6.09 Å². The van der Waals surface area contributed by atoms with Gasteiger partial charge in [-0.2, -0.15) is 0 Å². The summed E-state index contributed by atoms with van der Waals surface area (Å²) in [4.78, 5) is 11.1. The van der Waals surface area contributed by atoms with Crippen molar-refractivity contribution in [2.45, 2.75) is 45.1 Å². The Morgan fingerprint density at radius 1 is 1.57 bits per heavy atom. The van der Waals surface area contributed by atoms with Crippen molar-refractivity contribution in [1.29, 1.82) is 0 Å². The van der Waals surface area contributed by atoms with Crippen molar-refractivity contribution in [3.05, 3.63) is 0 Å². The number of hydrogen-bond acceptors (Lipinski definition) is 2. The van der Waals surface area contributed by atoms with Crippen molar-refractivity contribution in [3.8, 4) is 0 Å². The van der Waals surface area contributed by atoms with Crippen LogP contribution in [0.2, 0.25) is 0 Å². The summed E-state index contributed by atoms with van der Waals surface area (Å²) in [6.45, 7) is 5.11. The van der Waals surface area contributed by atoms with E-state index in [0.717, 1.165) is 18.8 Å². The number of nitrogens with one attached hydrogen (secondary N) is 1. The smallest absolute Gasteiger partial charge is 0.407 e. The first-order valence-corrected chi connectivity index (χ1v) is 5.56. The first kappa shape index (κ1) is 9.81. The highest BCUT2D eigenvalue weighted by molar-refractivity contribution is 5.70. The normalized spacial score (nSPS) is 37.4. The summed E-state index contributed by atoms with van der Waals surface area (Å²) in [5.41, 5.74) is -0.0235. The van der Waals surface area contributed by atoms with E-state index in [1.807, 2.05) is 0 Å². The van der Waals surface area contributed by atoms with Crippen LogP contribution < -0.4 is 5.32 Å². The first-order valence-electron chi connectivity index (χ1n) is 5.56. The first-order chi connectivity index (χ1) is 6.61. The molecule has 1 heterocycles. The molecule has 0 aromatic heterocycles. The van der Waals surface area contributed by atoms with Crippen LogP contribution in [0.4, 0.5) is 4.79 Å². The van der Waals surface area contributed by atoms with Crippen molar-refractivity contribution in [3.63, 3.8) is 0 Å². The summed E-state index contributed by atoms with van der Waals surface area (Å²) in [6.07, 6.45) is 4.47. The van der Waals surface area contributed by atoms with Gasteiger partial charge in [-0.3, -0.25) is 0 Å². The largest absolute Gasteiger partial charge is 0.447 e. The number of hydrogen-bond donors (Lipinski definition) is 1. The molecule has 2 rings (SSSR count). The van der Waals surface area contributed by atoms with Gasteiger partial charge < -0.3 is 10.1 Å². The summed E-state index contributed by atoms with van der Waals surface area (Å²) in [5, 5.41) is 2.99. The van der Waals surface area contributed by atoms with E-state index in [-0.39, 0.29) is 11.6 Å². The molecule has 2 unspecified atom stereocenters. The summed E-state index contributed by atoms with van der Waals surface area (Å²) >= 11 is 0. The van der Waals surface area contributed by atoms with Crippen LogP contribution in [0.5, 0.6) is 0 Å². The van der Waals surface area contributed by atoms with Crippen LogP contribution in [-0.4, -0.2) is 18.2 Å². The maximum absolute atomic E-state index is 11.1. The Hall–Kier alpha value is -0.730. The van der Waals surface area contributed by atoms with Crippen LogP contribution >= 0.6 is 0 Å². The van der Waals surface area contributed by atoms with Crippen LogP contribution in [0.3, 0.4) is 0 Å². The van der Waals surface area contributed by atoms with E-state index in [0.29, 0.717) is 12.5 Å². The minimum Gasteiger partial charge on any atom is -0.447 e. The summed E-state index contributed by atoms with van der Waals surface area (Å²) in [7, 11) is 0. The van der Waals surface area contributed by atoms with Gasteiger partial charge in [-0.1, -0.05) is 26.7 Å². The maximum Gasteiger partial charge on any atom is 0.407 e. The Labute approximate surface area is 85.2 Å². The Kier molecular flexibility index (Phi) is 2.41. The molecule has 2 atom stereocenters. The fourth-order valence-electron chi connectivity index (χ4n) is 2.71. The lowest BCUT2D eigenvalue weighted by Gasteiger charge is -2.37. The van der Waals surface area contributed by atoms with Gasteiger partial charge in [0.2, 0.25) is 0 Å². The third-order valence-corrected chi connectivity index (χ3v) is 3.67. The molecule has 2 fully saturated rings. The molecular weight excluding hydrogens is 178 g/mol. The van der Waals surface area contributed by atoms with Gasteiger partial charge in [0.05, 0.1) is 5.54 Å². The monoisotopic (exact) mass is 197 g/mol. The molecule has 0 radical (unpaired) electrons. The number of cyclic esters (lactones) is 1. The van der Waals surface area contributed by atoms with Gasteiger partial charge in [-0.25, -0.2) is 4.79 Å². The average molecular weight is 197 g/mol. The lowest BCUT2D eigenvalue weighted by Crippen LogP contribution is -2.47. The van der Waals surface area contributed by atoms with Gasteiger partial charge in [-0.05, 0) is 24.7 Å². The molecule has 1 aliphatic heterocycles. The Morgan fingerprint density at radius 2 is 2.36 bits per heavy atom. The molecule has 0 bridgehead atoms. The fraction of sp³-hybridized carbons (Fsp3) is 0.909. The number of carbonyl (C=O) groups excluding carboxylic acids is 1. The molecule has 80 valence electrons. The second-order valence-electron chi connectivity index (χ2n) is 5.08. The molecule has 2 aliphatic rings. The lowest BCUT2D eigenvalue weighted by molar-refractivity contribution is 0.137. The number of amides is 1. The zero-order valence-electron chi connectivity index (χ0n) is 9.01. The third-order valence-electron chi connectivity index (χ3n) is 3.67.